The van der Waals surface area contributed by atoms with Crippen molar-refractivity contribution in [3.05, 3.63) is 260 Å². The molecule has 16 aromatic rings. The minimum atomic E-state index is -4.82. The molecule has 0 N–H and O–H groups in total. The Hall–Kier alpha value is -10.8. The summed E-state index contributed by atoms with van der Waals surface area (Å²) in [6.07, 6.45) is -9.64. The average Bonchev–Trinajstić information content (AvgIpc) is 1.88. The van der Waals surface area contributed by atoms with Crippen LogP contribution in [0.1, 0.15) is 11.1 Å². The Labute approximate surface area is 473 Å². The van der Waals surface area contributed by atoms with Crippen LogP contribution in [-0.4, -0.2) is 33.2 Å². The minimum Gasteiger partial charge on any atom is -0.309 e. The number of nitrogens with zero attached hydrogens (tertiary/aromatic N) is 7. The molecule has 0 atom stereocenters. The molecule has 0 saturated heterocycles. The van der Waals surface area contributed by atoms with Gasteiger partial charge in [0.15, 0.2) is 17.5 Å². The van der Waals surface area contributed by atoms with Crippen molar-refractivity contribution in [1.82, 2.24) is 33.2 Å². The molecule has 0 amide bonds. The van der Waals surface area contributed by atoms with E-state index in [1.165, 1.54) is 12.1 Å². The van der Waals surface area contributed by atoms with Crippen molar-refractivity contribution in [2.75, 3.05) is 0 Å². The fourth-order valence-corrected chi connectivity index (χ4v) is 12.6. The smallest absolute Gasteiger partial charge is 0.309 e. The fourth-order valence-electron chi connectivity index (χ4n) is 12.6. The highest BCUT2D eigenvalue weighted by atomic mass is 19.4. The predicted molar refractivity (Wildman–Crippen MR) is 323 cm³/mol. The highest BCUT2D eigenvalue weighted by Crippen LogP contribution is 2.45. The van der Waals surface area contributed by atoms with Gasteiger partial charge in [0, 0.05) is 71.2 Å². The zero-order chi connectivity index (χ0) is 56.6. The topological polar surface area (TPSA) is 58.4 Å². The van der Waals surface area contributed by atoms with Crippen molar-refractivity contribution < 1.29 is 26.3 Å². The number of hydrogen-bond donors (Lipinski definition) is 0. The van der Waals surface area contributed by atoms with Crippen molar-refractivity contribution in [2.45, 2.75) is 12.4 Å². The first-order valence-corrected chi connectivity index (χ1v) is 27.2. The molecule has 5 aromatic heterocycles. The van der Waals surface area contributed by atoms with E-state index >= 15 is 26.3 Å². The van der Waals surface area contributed by atoms with Gasteiger partial charge < -0.3 is 18.3 Å². The molecule has 11 aromatic carbocycles. The molecule has 0 unspecified atom stereocenters. The maximum Gasteiger partial charge on any atom is 0.416 e. The van der Waals surface area contributed by atoms with E-state index in [-0.39, 0.29) is 28.6 Å². The number of rotatable bonds is 7. The lowest BCUT2D eigenvalue weighted by Crippen LogP contribution is -2.10. The summed E-state index contributed by atoms with van der Waals surface area (Å²) in [4.78, 5) is 15.1. The monoisotopic (exact) mass is 1110 g/mol. The van der Waals surface area contributed by atoms with Crippen molar-refractivity contribution in [3.63, 3.8) is 0 Å². The van der Waals surface area contributed by atoms with E-state index in [0.717, 1.165) is 101 Å². The summed E-state index contributed by atoms with van der Waals surface area (Å²) >= 11 is 0. The highest BCUT2D eigenvalue weighted by Gasteiger charge is 2.35. The number of aromatic nitrogens is 7. The van der Waals surface area contributed by atoms with Gasteiger partial charge in [-0.05, 0) is 97.1 Å². The molecule has 5 heterocycles. The van der Waals surface area contributed by atoms with Gasteiger partial charge in [-0.3, -0.25) is 0 Å². The highest BCUT2D eigenvalue weighted by molar-refractivity contribution is 6.14. The van der Waals surface area contributed by atoms with Crippen LogP contribution in [0.3, 0.4) is 0 Å². The number of hydrogen-bond acceptors (Lipinski definition) is 3. The van der Waals surface area contributed by atoms with Crippen LogP contribution in [0.25, 0.3) is 144 Å². The van der Waals surface area contributed by atoms with Crippen LogP contribution in [-0.2, 0) is 12.4 Å². The van der Waals surface area contributed by atoms with Crippen LogP contribution in [0.15, 0.2) is 249 Å². The molecule has 7 nitrogen and oxygen atoms in total. The third-order valence-electron chi connectivity index (χ3n) is 16.3. The van der Waals surface area contributed by atoms with Gasteiger partial charge in [0.25, 0.3) is 0 Å². The largest absolute Gasteiger partial charge is 0.416 e. The van der Waals surface area contributed by atoms with Crippen molar-refractivity contribution >= 4 is 87.2 Å². The molecule has 0 spiro atoms. The molecule has 84 heavy (non-hydrogen) atoms. The van der Waals surface area contributed by atoms with Gasteiger partial charge in [0.05, 0.1) is 66.6 Å². The van der Waals surface area contributed by atoms with E-state index in [4.69, 9.17) is 15.0 Å². The van der Waals surface area contributed by atoms with Gasteiger partial charge in [-0.1, -0.05) is 152 Å². The van der Waals surface area contributed by atoms with Crippen molar-refractivity contribution in [3.8, 4) is 56.9 Å². The Kier molecular flexibility index (Phi) is 10.7. The number of benzene rings is 11. The Bertz CT molecular complexity index is 4960. The molecule has 16 rings (SSSR count). The molecule has 402 valence electrons. The number of para-hydroxylation sites is 6. The Morgan fingerprint density at radius 1 is 0.250 bits per heavy atom. The first-order valence-electron chi connectivity index (χ1n) is 27.2. The molecule has 0 aliphatic rings. The lowest BCUT2D eigenvalue weighted by molar-refractivity contribution is -0.138. The maximum absolute atomic E-state index is 15.3. The molecule has 0 aliphatic heterocycles. The molecule has 0 bridgehead atoms. The average molecular weight is 1110 g/mol. The van der Waals surface area contributed by atoms with Gasteiger partial charge in [0.2, 0.25) is 0 Å². The van der Waals surface area contributed by atoms with Crippen LogP contribution >= 0.6 is 0 Å². The summed E-state index contributed by atoms with van der Waals surface area (Å²) in [6.45, 7) is 0. The van der Waals surface area contributed by atoms with Crippen molar-refractivity contribution in [1.29, 1.82) is 0 Å². The number of halogens is 6. The predicted octanol–water partition coefficient (Wildman–Crippen LogP) is 19.3. The Morgan fingerprint density at radius 2 is 0.548 bits per heavy atom. The summed E-state index contributed by atoms with van der Waals surface area (Å²) in [5, 5.41) is 7.60. The standard InChI is InChI=1S/C71H41F6N7/c72-70(73,74)43-30-36-63(83-61-28-14-8-22-51(61)53-34-32-45(40-65(53)83)81-57-24-10-4-18-47(57)48-19-5-11-25-58(48)81)55(38-43)68-78-67(42-16-2-1-3-17-42)79-69(80-68)56-39-44(71(75,76)77)31-37-64(56)84-62-29-15-9-23-52(62)54-35-33-46(41-66(54)84)82-59-26-12-6-20-49(59)50-21-7-13-27-60(50)82/h1-41H. The first-order chi connectivity index (χ1) is 40.9. The SMILES string of the molecule is FC(F)(F)c1ccc(-n2c3ccccc3c3ccc(-n4c5ccccc5c5ccccc54)cc32)c(-c2nc(-c3ccccc3)nc(-c3cc(C(F)(F)F)ccc3-n3c4ccccc4c4ccc(-n5c6ccccc6c6ccccc65)cc43)n2)c1. The van der Waals surface area contributed by atoms with Crippen LogP contribution < -0.4 is 0 Å². The van der Waals surface area contributed by atoms with E-state index in [2.05, 4.69) is 57.7 Å². The first kappa shape index (κ1) is 49.1. The van der Waals surface area contributed by atoms with E-state index in [9.17, 15) is 0 Å². The summed E-state index contributed by atoms with van der Waals surface area (Å²) in [7, 11) is 0. The lowest BCUT2D eigenvalue weighted by atomic mass is 10.0. The van der Waals surface area contributed by atoms with Crippen LogP contribution in [0.5, 0.6) is 0 Å². The maximum atomic E-state index is 15.3. The second kappa shape index (κ2) is 18.4. The normalized spacial score (nSPS) is 12.4. The van der Waals surface area contributed by atoms with Gasteiger partial charge in [-0.15, -0.1) is 0 Å². The molecule has 0 saturated carbocycles. The molecular formula is C71H41F6N7. The fraction of sp³-hybridized carbons (Fsp3) is 0.0282. The van der Waals surface area contributed by atoms with Gasteiger partial charge in [0.1, 0.15) is 0 Å². The molecular weight excluding hydrogens is 1060 g/mol. The van der Waals surface area contributed by atoms with Gasteiger partial charge in [-0.25, -0.2) is 15.0 Å². The number of fused-ring (bicyclic) bond motifs is 12. The van der Waals surface area contributed by atoms with E-state index in [0.29, 0.717) is 39.0 Å². The van der Waals surface area contributed by atoms with E-state index < -0.39 is 23.5 Å². The second-order valence-corrected chi connectivity index (χ2v) is 21.0. The summed E-state index contributed by atoms with van der Waals surface area (Å²) in [5.41, 5.74) is 7.33. The van der Waals surface area contributed by atoms with Gasteiger partial charge in [-0.2, -0.15) is 26.3 Å². The third kappa shape index (κ3) is 7.58. The Morgan fingerprint density at radius 3 is 0.893 bits per heavy atom. The molecule has 0 radical (unpaired) electrons. The van der Waals surface area contributed by atoms with E-state index in [1.54, 1.807) is 30.3 Å². The van der Waals surface area contributed by atoms with Crippen LogP contribution in [0.4, 0.5) is 26.3 Å². The quantitative estimate of drug-likeness (QED) is 0.149. The lowest BCUT2D eigenvalue weighted by Gasteiger charge is -2.19. The summed E-state index contributed by atoms with van der Waals surface area (Å²) < 4.78 is 100. The number of alkyl halides is 6. The Balaban J connectivity index is 0.972. The summed E-state index contributed by atoms with van der Waals surface area (Å²) in [5.74, 6) is -0.346. The third-order valence-corrected chi connectivity index (χ3v) is 16.3. The zero-order valence-corrected chi connectivity index (χ0v) is 44.1. The molecule has 0 aliphatic carbocycles. The van der Waals surface area contributed by atoms with Crippen LogP contribution in [0.2, 0.25) is 0 Å². The van der Waals surface area contributed by atoms with E-state index in [1.807, 2.05) is 143 Å². The molecule has 0 fully saturated rings. The van der Waals surface area contributed by atoms with Crippen molar-refractivity contribution in [2.24, 2.45) is 0 Å². The minimum absolute atomic E-state index is 0.0308. The second-order valence-electron chi connectivity index (χ2n) is 21.0. The zero-order valence-electron chi connectivity index (χ0n) is 44.1. The summed E-state index contributed by atoms with van der Waals surface area (Å²) in [6, 6.07) is 75.9. The molecule has 13 heteroatoms. The van der Waals surface area contributed by atoms with Crippen LogP contribution in [0, 0.1) is 0 Å². The van der Waals surface area contributed by atoms with Gasteiger partial charge >= 0.3 is 12.4 Å².